The Morgan fingerprint density at radius 2 is 1.85 bits per heavy atom. The van der Waals surface area contributed by atoms with Gasteiger partial charge in [0.15, 0.2) is 5.82 Å². The summed E-state index contributed by atoms with van der Waals surface area (Å²) in [4.78, 5) is 0.824. The predicted octanol–water partition coefficient (Wildman–Crippen LogP) is 4.08. The van der Waals surface area contributed by atoms with E-state index in [1.807, 2.05) is 13.0 Å². The molecule has 0 N–H and O–H groups in total. The molecule has 0 aliphatic carbocycles. The van der Waals surface area contributed by atoms with Gasteiger partial charge in [-0.3, -0.25) is 0 Å². The fourth-order valence-corrected chi connectivity index (χ4v) is 3.70. The van der Waals surface area contributed by atoms with Crippen LogP contribution >= 0.6 is 27.3 Å². The lowest BCUT2D eigenvalue weighted by Gasteiger charge is -2.04. The lowest BCUT2D eigenvalue weighted by Crippen LogP contribution is -1.89. The van der Waals surface area contributed by atoms with Gasteiger partial charge in [-0.05, 0) is 23.8 Å². The Kier molecular flexibility index (Phi) is 2.61. The maximum Gasteiger partial charge on any atom is 0.234 e. The fourth-order valence-electron chi connectivity index (χ4n) is 2.28. The van der Waals surface area contributed by atoms with Gasteiger partial charge in [-0.2, -0.15) is 9.61 Å². The van der Waals surface area contributed by atoms with Gasteiger partial charge in [0.05, 0.1) is 0 Å². The fraction of sp³-hybridized carbons (Fsp3) is 0.0714. The molecular formula is C14H9BrN4S. The Morgan fingerprint density at radius 3 is 2.70 bits per heavy atom. The number of hydrogen-bond acceptors (Lipinski definition) is 4. The Labute approximate surface area is 127 Å². The summed E-state index contributed by atoms with van der Waals surface area (Å²) in [6, 6.07) is 12.5. The van der Waals surface area contributed by atoms with Crippen LogP contribution in [0.5, 0.6) is 0 Å². The highest BCUT2D eigenvalue weighted by molar-refractivity contribution is 9.10. The van der Waals surface area contributed by atoms with E-state index >= 15 is 0 Å². The van der Waals surface area contributed by atoms with Crippen molar-refractivity contribution in [2.45, 2.75) is 6.92 Å². The molecule has 2 aromatic heterocycles. The van der Waals surface area contributed by atoms with Gasteiger partial charge in [0.25, 0.3) is 0 Å². The first kappa shape index (κ1) is 12.0. The van der Waals surface area contributed by atoms with Crippen LogP contribution in [0.2, 0.25) is 0 Å². The van der Waals surface area contributed by atoms with E-state index in [4.69, 9.17) is 0 Å². The van der Waals surface area contributed by atoms with Gasteiger partial charge in [0.1, 0.15) is 5.01 Å². The minimum atomic E-state index is 0.809. The SMILES string of the molecule is Cc1nnc2sc(-c3cccc4c(Br)cccc34)nn12. The predicted molar refractivity (Wildman–Crippen MR) is 84.0 cm³/mol. The van der Waals surface area contributed by atoms with Gasteiger partial charge in [0.2, 0.25) is 4.96 Å². The van der Waals surface area contributed by atoms with Crippen LogP contribution < -0.4 is 0 Å². The molecule has 0 spiro atoms. The molecule has 0 fully saturated rings. The quantitative estimate of drug-likeness (QED) is 0.522. The second-order valence-corrected chi connectivity index (χ2v) is 6.30. The molecule has 0 atom stereocenters. The first-order chi connectivity index (χ1) is 9.74. The number of aryl methyl sites for hydroxylation is 1. The Morgan fingerprint density at radius 1 is 1.05 bits per heavy atom. The van der Waals surface area contributed by atoms with Crippen molar-refractivity contribution < 1.29 is 0 Å². The molecule has 2 aromatic carbocycles. The van der Waals surface area contributed by atoms with E-state index in [0.29, 0.717) is 0 Å². The highest BCUT2D eigenvalue weighted by Crippen LogP contribution is 2.34. The molecule has 0 saturated heterocycles. The zero-order chi connectivity index (χ0) is 13.7. The number of rotatable bonds is 1. The van der Waals surface area contributed by atoms with Crippen LogP contribution in [0.15, 0.2) is 40.9 Å². The van der Waals surface area contributed by atoms with E-state index in [-0.39, 0.29) is 0 Å². The third-order valence-corrected chi connectivity index (χ3v) is 4.87. The first-order valence-electron chi connectivity index (χ1n) is 6.10. The second kappa shape index (κ2) is 4.36. The van der Waals surface area contributed by atoms with E-state index in [0.717, 1.165) is 25.8 Å². The van der Waals surface area contributed by atoms with Crippen molar-refractivity contribution in [1.82, 2.24) is 19.8 Å². The summed E-state index contributed by atoms with van der Waals surface area (Å²) < 4.78 is 2.88. The third kappa shape index (κ3) is 1.68. The topological polar surface area (TPSA) is 43.1 Å². The molecule has 4 nitrogen and oxygen atoms in total. The van der Waals surface area contributed by atoms with Crippen molar-refractivity contribution in [3.05, 3.63) is 46.7 Å². The smallest absolute Gasteiger partial charge is 0.187 e. The number of halogens is 1. The molecule has 0 saturated carbocycles. The van der Waals surface area contributed by atoms with Crippen LogP contribution in [0.4, 0.5) is 0 Å². The molecule has 0 radical (unpaired) electrons. The van der Waals surface area contributed by atoms with Gasteiger partial charge in [-0.15, -0.1) is 10.2 Å². The average Bonchev–Trinajstić information content (AvgIpc) is 3.02. The summed E-state index contributed by atoms with van der Waals surface area (Å²) in [5.74, 6) is 0.809. The maximum absolute atomic E-state index is 4.62. The molecular weight excluding hydrogens is 336 g/mol. The molecule has 6 heteroatoms. The third-order valence-electron chi connectivity index (χ3n) is 3.25. The molecule has 0 bridgehead atoms. The minimum Gasteiger partial charge on any atom is -0.187 e. The monoisotopic (exact) mass is 344 g/mol. The van der Waals surface area contributed by atoms with Crippen molar-refractivity contribution in [2.24, 2.45) is 0 Å². The molecule has 0 aliphatic heterocycles. The van der Waals surface area contributed by atoms with Crippen LogP contribution in [0.1, 0.15) is 5.82 Å². The van der Waals surface area contributed by atoms with Gasteiger partial charge in [-0.1, -0.05) is 57.6 Å². The zero-order valence-electron chi connectivity index (χ0n) is 10.5. The number of hydrogen-bond donors (Lipinski definition) is 0. The summed E-state index contributed by atoms with van der Waals surface area (Å²) in [5, 5.41) is 16.1. The highest BCUT2D eigenvalue weighted by Gasteiger charge is 2.13. The Balaban J connectivity index is 2.04. The van der Waals surface area contributed by atoms with E-state index in [2.05, 4.69) is 61.6 Å². The lowest BCUT2D eigenvalue weighted by molar-refractivity contribution is 0.898. The maximum atomic E-state index is 4.62. The average molecular weight is 345 g/mol. The van der Waals surface area contributed by atoms with Crippen LogP contribution in [0.3, 0.4) is 0 Å². The molecule has 98 valence electrons. The van der Waals surface area contributed by atoms with E-state index in [1.165, 1.54) is 10.8 Å². The van der Waals surface area contributed by atoms with E-state index < -0.39 is 0 Å². The summed E-state index contributed by atoms with van der Waals surface area (Å²) in [7, 11) is 0. The van der Waals surface area contributed by atoms with Crippen LogP contribution in [-0.2, 0) is 0 Å². The normalized spacial score (nSPS) is 11.5. The summed E-state index contributed by atoms with van der Waals surface area (Å²) in [6.07, 6.45) is 0. The van der Waals surface area contributed by atoms with Crippen molar-refractivity contribution in [3.8, 4) is 10.6 Å². The molecule has 20 heavy (non-hydrogen) atoms. The molecule has 4 rings (SSSR count). The second-order valence-electron chi connectivity index (χ2n) is 4.49. The van der Waals surface area contributed by atoms with Crippen molar-refractivity contribution in [3.63, 3.8) is 0 Å². The minimum absolute atomic E-state index is 0.809. The Bertz CT molecular complexity index is 941. The van der Waals surface area contributed by atoms with Gasteiger partial charge < -0.3 is 0 Å². The highest BCUT2D eigenvalue weighted by atomic mass is 79.9. The van der Waals surface area contributed by atoms with Crippen LogP contribution in [0.25, 0.3) is 26.3 Å². The number of aromatic nitrogens is 4. The van der Waals surface area contributed by atoms with Gasteiger partial charge in [-0.25, -0.2) is 0 Å². The molecule has 0 unspecified atom stereocenters. The standard InChI is InChI=1S/C14H9BrN4S/c1-8-16-17-14-19(8)18-13(20-14)11-6-2-5-10-9(11)4-3-7-12(10)15/h2-7H,1H3. The van der Waals surface area contributed by atoms with Gasteiger partial charge in [0, 0.05) is 10.0 Å². The first-order valence-corrected chi connectivity index (χ1v) is 7.71. The number of nitrogens with zero attached hydrogens (tertiary/aromatic N) is 4. The zero-order valence-corrected chi connectivity index (χ0v) is 12.9. The number of benzene rings is 2. The molecule has 2 heterocycles. The van der Waals surface area contributed by atoms with Crippen molar-refractivity contribution in [1.29, 1.82) is 0 Å². The molecule has 0 amide bonds. The Hall–Kier alpha value is -1.79. The van der Waals surface area contributed by atoms with Crippen molar-refractivity contribution in [2.75, 3.05) is 0 Å². The largest absolute Gasteiger partial charge is 0.234 e. The summed E-state index contributed by atoms with van der Waals surface area (Å²) >= 11 is 5.15. The van der Waals surface area contributed by atoms with Crippen molar-refractivity contribution >= 4 is 43.0 Å². The number of fused-ring (bicyclic) bond motifs is 2. The van der Waals surface area contributed by atoms with E-state index in [9.17, 15) is 0 Å². The molecule has 4 aromatic rings. The van der Waals surface area contributed by atoms with Crippen LogP contribution in [-0.4, -0.2) is 19.8 Å². The summed E-state index contributed by atoms with van der Waals surface area (Å²) in [5.41, 5.74) is 1.12. The van der Waals surface area contributed by atoms with E-state index in [1.54, 1.807) is 15.9 Å². The summed E-state index contributed by atoms with van der Waals surface area (Å²) in [6.45, 7) is 1.91. The lowest BCUT2D eigenvalue weighted by atomic mass is 10.1. The molecule has 0 aliphatic rings. The van der Waals surface area contributed by atoms with Crippen LogP contribution in [0, 0.1) is 6.92 Å². The van der Waals surface area contributed by atoms with Gasteiger partial charge >= 0.3 is 0 Å².